The fraction of sp³-hybridized carbons (Fsp3) is 0.364. The van der Waals surface area contributed by atoms with E-state index in [1.807, 2.05) is 43.3 Å². The summed E-state index contributed by atoms with van der Waals surface area (Å²) in [5, 5.41) is 7.97. The van der Waals surface area contributed by atoms with Crippen molar-refractivity contribution in [3.05, 3.63) is 69.9 Å². The second-order valence-electron chi connectivity index (χ2n) is 8.31. The Labute approximate surface area is 169 Å². The number of aromatic nitrogens is 2. The lowest BCUT2D eigenvalue weighted by atomic mass is 9.74. The number of aryl methyl sites for hydroxylation is 2. The Balaban J connectivity index is 1.65. The highest BCUT2D eigenvalue weighted by Gasteiger charge is 2.36. The average molecular weight is 398 g/mol. The van der Waals surface area contributed by atoms with Crippen LogP contribution in [-0.2, 0) is 6.42 Å². The summed E-state index contributed by atoms with van der Waals surface area (Å²) >= 11 is 6.56. The quantitative estimate of drug-likeness (QED) is 0.662. The smallest absolute Gasteiger partial charge is 0.256 e. The molecular weight excluding hydrogens is 374 g/mol. The highest BCUT2D eigenvalue weighted by molar-refractivity contribution is 6.33. The third-order valence-corrected chi connectivity index (χ3v) is 5.62. The number of furan rings is 1. The van der Waals surface area contributed by atoms with Gasteiger partial charge in [0, 0.05) is 12.0 Å². The van der Waals surface area contributed by atoms with Gasteiger partial charge in [-0.3, -0.25) is 4.79 Å². The molecule has 5 nitrogen and oxygen atoms in total. The normalized spacial score (nSPS) is 18.0. The number of para-hydroxylation sites is 1. The van der Waals surface area contributed by atoms with Gasteiger partial charge in [0.05, 0.1) is 23.0 Å². The van der Waals surface area contributed by atoms with Crippen LogP contribution >= 0.6 is 11.6 Å². The number of carbonyl (C=O) groups excluding carboxylic acids is 1. The zero-order chi connectivity index (χ0) is 20.1. The molecule has 1 amide bonds. The van der Waals surface area contributed by atoms with Crippen LogP contribution in [0.2, 0.25) is 5.15 Å². The third-order valence-electron chi connectivity index (χ3n) is 5.27. The van der Waals surface area contributed by atoms with Crippen molar-refractivity contribution >= 4 is 17.5 Å². The molecule has 0 bridgehead atoms. The molecule has 28 heavy (non-hydrogen) atoms. The van der Waals surface area contributed by atoms with Crippen LogP contribution in [0.5, 0.6) is 0 Å². The Morgan fingerprint density at radius 2 is 2.00 bits per heavy atom. The molecular formula is C22H24ClN3O2. The van der Waals surface area contributed by atoms with E-state index in [0.29, 0.717) is 16.4 Å². The molecule has 1 aliphatic rings. The predicted molar refractivity (Wildman–Crippen MR) is 109 cm³/mol. The Morgan fingerprint density at radius 3 is 2.71 bits per heavy atom. The number of hydrogen-bond donors (Lipinski definition) is 1. The molecule has 1 aliphatic carbocycles. The minimum absolute atomic E-state index is 0.0439. The molecule has 0 saturated heterocycles. The number of nitrogens with zero attached hydrogens (tertiary/aromatic N) is 2. The van der Waals surface area contributed by atoms with E-state index in [-0.39, 0.29) is 17.4 Å². The van der Waals surface area contributed by atoms with Crippen LogP contribution in [0.15, 0.2) is 40.8 Å². The van der Waals surface area contributed by atoms with Crippen molar-refractivity contribution in [3.8, 4) is 5.69 Å². The maximum absolute atomic E-state index is 13.1. The van der Waals surface area contributed by atoms with Gasteiger partial charge in [-0.25, -0.2) is 4.68 Å². The van der Waals surface area contributed by atoms with Gasteiger partial charge in [-0.15, -0.1) is 0 Å². The maximum atomic E-state index is 13.1. The first-order valence-corrected chi connectivity index (χ1v) is 9.83. The second kappa shape index (κ2) is 6.82. The molecule has 2 heterocycles. The van der Waals surface area contributed by atoms with Gasteiger partial charge in [0.1, 0.15) is 16.7 Å². The van der Waals surface area contributed by atoms with Crippen molar-refractivity contribution in [1.29, 1.82) is 0 Å². The van der Waals surface area contributed by atoms with Gasteiger partial charge in [-0.05, 0) is 43.9 Å². The lowest BCUT2D eigenvalue weighted by Gasteiger charge is -2.34. The lowest BCUT2D eigenvalue weighted by Crippen LogP contribution is -2.36. The summed E-state index contributed by atoms with van der Waals surface area (Å²) in [7, 11) is 0. The van der Waals surface area contributed by atoms with Crippen LogP contribution in [0.3, 0.4) is 0 Å². The fourth-order valence-electron chi connectivity index (χ4n) is 4.04. The number of rotatable bonds is 3. The van der Waals surface area contributed by atoms with Crippen LogP contribution in [-0.4, -0.2) is 15.7 Å². The number of hydrogen-bond acceptors (Lipinski definition) is 3. The SMILES string of the molecule is Cc1cc2c(o1)CC(C)(C)CC2NC(=O)c1c(C)nn(-c2ccccc2)c1Cl. The molecule has 146 valence electrons. The minimum Gasteiger partial charge on any atom is -0.466 e. The van der Waals surface area contributed by atoms with Crippen molar-refractivity contribution in [3.63, 3.8) is 0 Å². The number of carbonyl (C=O) groups is 1. The van der Waals surface area contributed by atoms with Crippen LogP contribution in [0, 0.1) is 19.3 Å². The molecule has 0 aliphatic heterocycles. The average Bonchev–Trinajstić information content (AvgIpc) is 3.13. The number of nitrogens with one attached hydrogen (secondary N) is 1. The van der Waals surface area contributed by atoms with Gasteiger partial charge >= 0.3 is 0 Å². The number of halogens is 1. The van der Waals surface area contributed by atoms with Crippen molar-refractivity contribution < 1.29 is 9.21 Å². The molecule has 6 heteroatoms. The van der Waals surface area contributed by atoms with E-state index in [1.165, 1.54) is 0 Å². The summed E-state index contributed by atoms with van der Waals surface area (Å²) < 4.78 is 7.48. The highest BCUT2D eigenvalue weighted by atomic mass is 35.5. The number of benzene rings is 1. The summed E-state index contributed by atoms with van der Waals surface area (Å²) in [6.45, 7) is 8.13. The van der Waals surface area contributed by atoms with Crippen LogP contribution in [0.1, 0.15) is 59.4 Å². The van der Waals surface area contributed by atoms with Gasteiger partial charge in [0.15, 0.2) is 0 Å². The van der Waals surface area contributed by atoms with Crippen molar-refractivity contribution in [1.82, 2.24) is 15.1 Å². The van der Waals surface area contributed by atoms with Crippen LogP contribution in [0.25, 0.3) is 5.69 Å². The molecule has 2 aromatic heterocycles. The standard InChI is InChI=1S/C22H24ClN3O2/c1-13-10-16-17(11-22(3,4)12-18(16)28-13)24-21(27)19-14(2)25-26(20(19)23)15-8-6-5-7-9-15/h5-10,17H,11-12H2,1-4H3,(H,24,27). The first-order valence-electron chi connectivity index (χ1n) is 9.46. The molecule has 1 atom stereocenters. The topological polar surface area (TPSA) is 60.1 Å². The van der Waals surface area contributed by atoms with Crippen LogP contribution in [0.4, 0.5) is 0 Å². The fourth-order valence-corrected chi connectivity index (χ4v) is 4.40. The second-order valence-corrected chi connectivity index (χ2v) is 8.66. The lowest BCUT2D eigenvalue weighted by molar-refractivity contribution is 0.0917. The van der Waals surface area contributed by atoms with Gasteiger partial charge in [-0.1, -0.05) is 43.6 Å². The molecule has 1 unspecified atom stereocenters. The molecule has 0 saturated carbocycles. The molecule has 1 N–H and O–H groups in total. The summed E-state index contributed by atoms with van der Waals surface area (Å²) in [5.41, 5.74) is 2.94. The van der Waals surface area contributed by atoms with Crippen molar-refractivity contribution in [2.24, 2.45) is 5.41 Å². The van der Waals surface area contributed by atoms with E-state index in [2.05, 4.69) is 24.3 Å². The molecule has 3 aromatic rings. The van der Waals surface area contributed by atoms with E-state index in [4.69, 9.17) is 16.0 Å². The van der Waals surface area contributed by atoms with Crippen molar-refractivity contribution in [2.75, 3.05) is 0 Å². The summed E-state index contributed by atoms with van der Waals surface area (Å²) in [6.07, 6.45) is 1.71. The summed E-state index contributed by atoms with van der Waals surface area (Å²) in [5.74, 6) is 1.62. The Hall–Kier alpha value is -2.53. The molecule has 0 spiro atoms. The largest absolute Gasteiger partial charge is 0.466 e. The minimum atomic E-state index is -0.211. The number of fused-ring (bicyclic) bond motifs is 1. The summed E-state index contributed by atoms with van der Waals surface area (Å²) in [6, 6.07) is 11.5. The highest BCUT2D eigenvalue weighted by Crippen LogP contribution is 2.42. The van der Waals surface area contributed by atoms with E-state index in [1.54, 1.807) is 11.6 Å². The monoisotopic (exact) mass is 397 g/mol. The van der Waals surface area contributed by atoms with Gasteiger partial charge in [0.25, 0.3) is 5.91 Å². The van der Waals surface area contributed by atoms with Gasteiger partial charge < -0.3 is 9.73 Å². The Morgan fingerprint density at radius 1 is 1.29 bits per heavy atom. The van der Waals surface area contributed by atoms with Crippen molar-refractivity contribution in [2.45, 2.75) is 46.6 Å². The molecule has 0 fully saturated rings. The van der Waals surface area contributed by atoms with E-state index in [9.17, 15) is 4.79 Å². The zero-order valence-electron chi connectivity index (χ0n) is 16.5. The maximum Gasteiger partial charge on any atom is 0.256 e. The zero-order valence-corrected chi connectivity index (χ0v) is 17.3. The molecule has 0 radical (unpaired) electrons. The third kappa shape index (κ3) is 3.35. The first-order chi connectivity index (χ1) is 13.2. The van der Waals surface area contributed by atoms with Crippen LogP contribution < -0.4 is 5.32 Å². The molecule has 1 aromatic carbocycles. The predicted octanol–water partition coefficient (Wildman–Crippen LogP) is 5.18. The van der Waals surface area contributed by atoms with E-state index >= 15 is 0 Å². The van der Waals surface area contributed by atoms with Gasteiger partial charge in [-0.2, -0.15) is 5.10 Å². The first kappa shape index (κ1) is 18.8. The Bertz CT molecular complexity index is 1030. The molecule has 4 rings (SSSR count). The number of amides is 1. The van der Waals surface area contributed by atoms with E-state index in [0.717, 1.165) is 35.6 Å². The summed E-state index contributed by atoms with van der Waals surface area (Å²) in [4.78, 5) is 13.1. The van der Waals surface area contributed by atoms with Gasteiger partial charge in [0.2, 0.25) is 0 Å². The Kier molecular flexibility index (Phi) is 4.58. The van der Waals surface area contributed by atoms with E-state index < -0.39 is 0 Å².